The first-order chi connectivity index (χ1) is 8.82. The van der Waals surface area contributed by atoms with Gasteiger partial charge in [0.25, 0.3) is 10.0 Å². The highest BCUT2D eigenvalue weighted by atomic mass is 79.9. The molecule has 0 radical (unpaired) electrons. The average molecular weight is 362 g/mol. The molecule has 0 saturated carbocycles. The monoisotopic (exact) mass is 361 g/mol. The van der Waals surface area contributed by atoms with Crippen LogP contribution in [-0.4, -0.2) is 20.6 Å². The topological polar surface area (TPSA) is 57.6 Å². The summed E-state index contributed by atoms with van der Waals surface area (Å²) < 4.78 is 26.9. The molecule has 0 spiro atoms. The lowest BCUT2D eigenvalue weighted by Gasteiger charge is -2.19. The number of phenolic OH excluding ortho intramolecular Hbond substituents is 1. The van der Waals surface area contributed by atoms with Crippen molar-refractivity contribution in [2.45, 2.75) is 11.8 Å². The van der Waals surface area contributed by atoms with Crippen molar-refractivity contribution in [3.63, 3.8) is 0 Å². The quantitative estimate of drug-likeness (QED) is 0.911. The molecule has 0 atom stereocenters. The zero-order valence-electron chi connectivity index (χ0n) is 10.3. The molecule has 0 unspecified atom stereocenters. The molecule has 1 heterocycles. The van der Waals surface area contributed by atoms with Gasteiger partial charge in [-0.05, 0) is 41.1 Å². The summed E-state index contributed by atoms with van der Waals surface area (Å²) in [4.78, 5) is 0.995. The fraction of sp³-hybridized carbons (Fsp3) is 0.167. The molecule has 0 saturated heterocycles. The van der Waals surface area contributed by atoms with Gasteiger partial charge in [-0.2, -0.15) is 0 Å². The van der Waals surface area contributed by atoms with Crippen molar-refractivity contribution in [3.05, 3.63) is 39.0 Å². The van der Waals surface area contributed by atoms with Crippen LogP contribution in [0.15, 0.2) is 39.0 Å². The van der Waals surface area contributed by atoms with Gasteiger partial charge < -0.3 is 5.11 Å². The third-order valence-electron chi connectivity index (χ3n) is 2.67. The number of aryl methyl sites for hydroxylation is 1. The molecule has 4 nitrogen and oxygen atoms in total. The van der Waals surface area contributed by atoms with E-state index in [9.17, 15) is 13.5 Å². The number of rotatable bonds is 3. The SMILES string of the molecule is Cc1sc(Br)cc1S(=O)(=O)N(C)c1cccc(O)c1. The van der Waals surface area contributed by atoms with Crippen molar-refractivity contribution in [1.29, 1.82) is 0 Å². The summed E-state index contributed by atoms with van der Waals surface area (Å²) >= 11 is 4.66. The Kier molecular flexibility index (Phi) is 3.89. The smallest absolute Gasteiger partial charge is 0.265 e. The van der Waals surface area contributed by atoms with Gasteiger partial charge >= 0.3 is 0 Å². The molecule has 1 aromatic heterocycles. The van der Waals surface area contributed by atoms with E-state index in [-0.39, 0.29) is 10.6 Å². The second kappa shape index (κ2) is 5.15. The summed E-state index contributed by atoms with van der Waals surface area (Å²) in [5.74, 6) is 0.0303. The summed E-state index contributed by atoms with van der Waals surface area (Å²) in [6, 6.07) is 7.74. The maximum atomic E-state index is 12.5. The number of phenols is 1. The highest BCUT2D eigenvalue weighted by Crippen LogP contribution is 2.33. The van der Waals surface area contributed by atoms with Crippen LogP contribution in [0.25, 0.3) is 0 Å². The van der Waals surface area contributed by atoms with Gasteiger partial charge in [0.15, 0.2) is 0 Å². The van der Waals surface area contributed by atoms with E-state index in [1.807, 2.05) is 0 Å². The van der Waals surface area contributed by atoms with Crippen LogP contribution in [0.3, 0.4) is 0 Å². The van der Waals surface area contributed by atoms with Gasteiger partial charge in [0.2, 0.25) is 0 Å². The molecule has 2 aromatic rings. The van der Waals surface area contributed by atoms with Gasteiger partial charge in [0, 0.05) is 18.0 Å². The first-order valence-electron chi connectivity index (χ1n) is 5.36. The van der Waals surface area contributed by atoms with Crippen molar-refractivity contribution >= 4 is 43.0 Å². The number of benzene rings is 1. The minimum absolute atomic E-state index is 0.0303. The molecule has 0 bridgehead atoms. The van der Waals surface area contributed by atoms with Crippen molar-refractivity contribution in [3.8, 4) is 5.75 Å². The second-order valence-corrected chi connectivity index (χ2v) is 8.54. The van der Waals surface area contributed by atoms with E-state index < -0.39 is 10.0 Å². The Bertz CT molecular complexity index is 710. The Labute approximate surface area is 124 Å². The van der Waals surface area contributed by atoms with Crippen LogP contribution in [0.5, 0.6) is 5.75 Å². The van der Waals surface area contributed by atoms with Crippen LogP contribution in [0, 0.1) is 6.92 Å². The number of anilines is 1. The van der Waals surface area contributed by atoms with Gasteiger partial charge in [0.05, 0.1) is 9.47 Å². The van der Waals surface area contributed by atoms with Gasteiger partial charge in [-0.15, -0.1) is 11.3 Å². The number of sulfonamides is 1. The van der Waals surface area contributed by atoms with Crippen molar-refractivity contribution in [1.82, 2.24) is 0 Å². The highest BCUT2D eigenvalue weighted by Gasteiger charge is 2.25. The molecule has 0 aliphatic carbocycles. The van der Waals surface area contributed by atoms with Crippen molar-refractivity contribution in [2.24, 2.45) is 0 Å². The molecule has 1 aromatic carbocycles. The fourth-order valence-electron chi connectivity index (χ4n) is 1.66. The van der Waals surface area contributed by atoms with E-state index in [0.717, 1.165) is 13.0 Å². The normalized spacial score (nSPS) is 11.5. The molecule has 0 fully saturated rings. The zero-order valence-corrected chi connectivity index (χ0v) is 13.5. The van der Waals surface area contributed by atoms with E-state index >= 15 is 0 Å². The highest BCUT2D eigenvalue weighted by molar-refractivity contribution is 9.11. The van der Waals surface area contributed by atoms with Crippen LogP contribution in [0.2, 0.25) is 0 Å². The molecule has 19 heavy (non-hydrogen) atoms. The first kappa shape index (κ1) is 14.4. The maximum absolute atomic E-state index is 12.5. The second-order valence-electron chi connectivity index (χ2n) is 3.96. The van der Waals surface area contributed by atoms with E-state index in [1.165, 1.54) is 30.5 Å². The summed E-state index contributed by atoms with van der Waals surface area (Å²) in [5, 5.41) is 9.43. The van der Waals surface area contributed by atoms with Crippen LogP contribution in [0.1, 0.15) is 4.88 Å². The minimum Gasteiger partial charge on any atom is -0.508 e. The zero-order chi connectivity index (χ0) is 14.2. The van der Waals surface area contributed by atoms with Crippen LogP contribution >= 0.6 is 27.3 Å². The molecular formula is C12H12BrNO3S2. The number of hydrogen-bond acceptors (Lipinski definition) is 4. The molecule has 0 amide bonds. The van der Waals surface area contributed by atoms with Gasteiger partial charge in [-0.25, -0.2) is 8.42 Å². The summed E-state index contributed by atoms with van der Waals surface area (Å²) in [7, 11) is -2.15. The lowest BCUT2D eigenvalue weighted by molar-refractivity contribution is 0.475. The molecular weight excluding hydrogens is 350 g/mol. The Morgan fingerprint density at radius 2 is 2.00 bits per heavy atom. The minimum atomic E-state index is -3.62. The van der Waals surface area contributed by atoms with Crippen molar-refractivity contribution < 1.29 is 13.5 Å². The Balaban J connectivity index is 2.48. The predicted molar refractivity (Wildman–Crippen MR) is 80.5 cm³/mol. The van der Waals surface area contributed by atoms with E-state index in [4.69, 9.17) is 0 Å². The Morgan fingerprint density at radius 3 is 2.53 bits per heavy atom. The molecule has 1 N–H and O–H groups in total. The largest absolute Gasteiger partial charge is 0.508 e. The fourth-order valence-corrected chi connectivity index (χ4v) is 5.23. The third-order valence-corrected chi connectivity index (χ3v) is 6.27. The maximum Gasteiger partial charge on any atom is 0.265 e. The third kappa shape index (κ3) is 2.77. The Morgan fingerprint density at radius 1 is 1.32 bits per heavy atom. The summed E-state index contributed by atoms with van der Waals surface area (Å²) in [5.41, 5.74) is 0.418. The summed E-state index contributed by atoms with van der Waals surface area (Å²) in [6.07, 6.45) is 0. The van der Waals surface area contributed by atoms with E-state index in [2.05, 4.69) is 15.9 Å². The number of hydrogen-bond donors (Lipinski definition) is 1. The van der Waals surface area contributed by atoms with Gasteiger partial charge in [-0.1, -0.05) is 6.07 Å². The van der Waals surface area contributed by atoms with Gasteiger partial charge in [0.1, 0.15) is 10.6 Å². The molecule has 0 aliphatic rings. The predicted octanol–water partition coefficient (Wildman–Crippen LogP) is 3.35. The first-order valence-corrected chi connectivity index (χ1v) is 8.41. The van der Waals surface area contributed by atoms with E-state index in [1.54, 1.807) is 25.1 Å². The van der Waals surface area contributed by atoms with Gasteiger partial charge in [-0.3, -0.25) is 4.31 Å². The molecule has 102 valence electrons. The van der Waals surface area contributed by atoms with E-state index in [0.29, 0.717) is 5.69 Å². The Hall–Kier alpha value is -1.05. The number of aromatic hydroxyl groups is 1. The molecule has 7 heteroatoms. The number of nitrogens with zero attached hydrogens (tertiary/aromatic N) is 1. The summed E-state index contributed by atoms with van der Waals surface area (Å²) in [6.45, 7) is 1.76. The molecule has 2 rings (SSSR count). The van der Waals surface area contributed by atoms with Crippen molar-refractivity contribution in [2.75, 3.05) is 11.4 Å². The average Bonchev–Trinajstić information content (AvgIpc) is 2.68. The standard InChI is InChI=1S/C12H12BrNO3S2/c1-8-11(7-12(13)18-8)19(16,17)14(2)9-4-3-5-10(15)6-9/h3-7,15H,1-2H3. The van der Waals surface area contributed by atoms with Crippen LogP contribution in [-0.2, 0) is 10.0 Å². The number of halogens is 1. The van der Waals surface area contributed by atoms with Crippen LogP contribution < -0.4 is 4.31 Å². The number of thiophene rings is 1. The lowest BCUT2D eigenvalue weighted by Crippen LogP contribution is -2.26. The van der Waals surface area contributed by atoms with Crippen LogP contribution in [0.4, 0.5) is 5.69 Å². The molecule has 0 aliphatic heterocycles. The lowest BCUT2D eigenvalue weighted by atomic mass is 10.3.